The van der Waals surface area contributed by atoms with E-state index >= 15 is 0 Å². The molecule has 21 heteroatoms. The van der Waals surface area contributed by atoms with Crippen molar-refractivity contribution in [3.05, 3.63) is 48.6 Å². The number of guanidine groups is 1. The average molecular weight is 1140 g/mol. The van der Waals surface area contributed by atoms with Crippen LogP contribution in [0.4, 0.5) is 0 Å². The van der Waals surface area contributed by atoms with Gasteiger partial charge in [0.1, 0.15) is 24.7 Å². The molecule has 0 spiro atoms. The highest BCUT2D eigenvalue weighted by molar-refractivity contribution is 5.90. The number of esters is 2. The number of fused-ring (bicyclic) bond motifs is 2. The summed E-state index contributed by atoms with van der Waals surface area (Å²) in [5.41, 5.74) is 5.68. The number of rotatable bonds is 14. The summed E-state index contributed by atoms with van der Waals surface area (Å²) in [7, 11) is 1.63. The maximum absolute atomic E-state index is 13.9. The average Bonchev–Trinajstić information content (AvgIpc) is 3.38. The molecule has 1 saturated heterocycles. The lowest BCUT2D eigenvalue weighted by Crippen LogP contribution is -2.59. The fraction of sp³-hybridized carbons (Fsp3) is 0.797. The van der Waals surface area contributed by atoms with Gasteiger partial charge in [0.25, 0.3) is 0 Å². The molecule has 2 aliphatic rings. The Bertz CT molecular complexity index is 1960. The highest BCUT2D eigenvalue weighted by Gasteiger charge is 2.50. The number of hydrogen-bond acceptors (Lipinski definition) is 18. The highest BCUT2D eigenvalue weighted by atomic mass is 16.7. The van der Waals surface area contributed by atoms with Crippen LogP contribution in [0.1, 0.15) is 152 Å². The topological polar surface area (TPSA) is 372 Å². The molecule has 0 aromatic carbocycles. The third-order valence-corrected chi connectivity index (χ3v) is 16.2. The van der Waals surface area contributed by atoms with Gasteiger partial charge in [0.2, 0.25) is 0 Å². The molecule has 2 bridgehead atoms. The number of aliphatic hydroxyl groups is 11. The molecule has 80 heavy (non-hydrogen) atoms. The van der Waals surface area contributed by atoms with Crippen molar-refractivity contribution in [2.24, 2.45) is 58.1 Å². The lowest BCUT2D eigenvalue weighted by Gasteiger charge is -2.45. The minimum Gasteiger partial charge on any atom is -0.481 e. The van der Waals surface area contributed by atoms with E-state index in [1.165, 1.54) is 12.2 Å². The molecule has 0 radical (unpaired) electrons. The predicted octanol–water partition coefficient (Wildman–Crippen LogP) is 3.30. The maximum Gasteiger partial charge on any atom is 0.317 e. The van der Waals surface area contributed by atoms with Gasteiger partial charge in [-0.05, 0) is 76.0 Å². The normalized spacial score (nSPS) is 38.9. The zero-order chi connectivity index (χ0) is 60.4. The number of allylic oxidation sites excluding steroid dienone is 4. The summed E-state index contributed by atoms with van der Waals surface area (Å²) < 4.78 is 17.5. The van der Waals surface area contributed by atoms with Crippen molar-refractivity contribution in [1.82, 2.24) is 5.32 Å². The number of nitrogens with zero attached hydrogens (tertiary/aromatic N) is 1. The van der Waals surface area contributed by atoms with E-state index in [9.17, 15) is 75.7 Å². The molecule has 0 aromatic rings. The number of aliphatic imine (C=N–C) groups is 1. The Kier molecular flexibility index (Phi) is 33.1. The van der Waals surface area contributed by atoms with E-state index in [1.54, 1.807) is 59.9 Å². The predicted molar refractivity (Wildman–Crippen MR) is 302 cm³/mol. The van der Waals surface area contributed by atoms with Crippen molar-refractivity contribution in [1.29, 1.82) is 0 Å². The zero-order valence-electron chi connectivity index (χ0n) is 48.9. The van der Waals surface area contributed by atoms with Crippen LogP contribution in [0, 0.1) is 47.3 Å². The molecule has 2 aliphatic heterocycles. The smallest absolute Gasteiger partial charge is 0.317 e. The number of unbranched alkanes of at least 4 members (excludes halogenated alkanes) is 2. The molecular formula is C59H103N3O18. The fourth-order valence-electron chi connectivity index (χ4n) is 10.3. The van der Waals surface area contributed by atoms with Crippen LogP contribution in [0.2, 0.25) is 0 Å². The first-order valence-electron chi connectivity index (χ1n) is 29.0. The summed E-state index contributed by atoms with van der Waals surface area (Å²) in [5.74, 6) is -9.42. The van der Waals surface area contributed by atoms with Crippen molar-refractivity contribution < 1.29 is 89.9 Å². The van der Waals surface area contributed by atoms with Crippen LogP contribution in [-0.2, 0) is 28.6 Å². The largest absolute Gasteiger partial charge is 0.481 e. The SMILES string of the molecule is CN=C(N)NCCC/C=C/CCC[C@H](C)C[C@H](C)[C@H]1OC(=O)[C@H](C)[C@H](O)/C=C/[C@H](C)[C@H](O)C[C@H](O)[C@H](C)[C@@H](O)CC[C@H](C)[C@H](O)C[C@]2(O)O[C@H](C[C@@H](O)C[C@H](OC(=O)CC(=O)O)C[C@@H](O)[C@H](C)[C@H](O)/C=C/C=C/[C@@H]1C)C[C@H](O)[C@H]2O. The van der Waals surface area contributed by atoms with Gasteiger partial charge < -0.3 is 86.5 Å². The molecule has 1 fully saturated rings. The van der Waals surface area contributed by atoms with E-state index in [1.807, 2.05) is 19.9 Å². The van der Waals surface area contributed by atoms with Crippen LogP contribution in [0.25, 0.3) is 0 Å². The van der Waals surface area contributed by atoms with Crippen molar-refractivity contribution in [3.63, 3.8) is 0 Å². The van der Waals surface area contributed by atoms with Crippen LogP contribution in [0.5, 0.6) is 0 Å². The first kappa shape index (κ1) is 72.3. The molecule has 0 unspecified atom stereocenters. The molecular weight excluding hydrogens is 1040 g/mol. The third kappa shape index (κ3) is 26.2. The Morgan fingerprint density at radius 2 is 1.40 bits per heavy atom. The first-order valence-corrected chi connectivity index (χ1v) is 29.0. The molecule has 462 valence electrons. The van der Waals surface area contributed by atoms with Gasteiger partial charge >= 0.3 is 17.9 Å². The highest BCUT2D eigenvalue weighted by Crippen LogP contribution is 2.36. The maximum atomic E-state index is 13.9. The zero-order valence-corrected chi connectivity index (χ0v) is 48.9. The van der Waals surface area contributed by atoms with Crippen LogP contribution in [0.15, 0.2) is 53.6 Å². The van der Waals surface area contributed by atoms with E-state index in [-0.39, 0.29) is 62.7 Å². The number of aliphatic carboxylic acids is 1. The summed E-state index contributed by atoms with van der Waals surface area (Å²) in [6.45, 7) is 14.8. The van der Waals surface area contributed by atoms with Crippen LogP contribution >= 0.6 is 0 Å². The molecule has 22 atom stereocenters. The van der Waals surface area contributed by atoms with Gasteiger partial charge in [-0.2, -0.15) is 0 Å². The minimum atomic E-state index is -2.50. The van der Waals surface area contributed by atoms with Crippen molar-refractivity contribution >= 4 is 23.9 Å². The summed E-state index contributed by atoms with van der Waals surface area (Å²) >= 11 is 0. The van der Waals surface area contributed by atoms with Crippen molar-refractivity contribution in [3.8, 4) is 0 Å². The number of nitrogens with one attached hydrogen (secondary N) is 1. The Morgan fingerprint density at radius 1 is 0.762 bits per heavy atom. The monoisotopic (exact) mass is 1140 g/mol. The van der Waals surface area contributed by atoms with Crippen LogP contribution in [-0.4, -0.2) is 184 Å². The fourth-order valence-corrected chi connectivity index (χ4v) is 10.3. The lowest BCUT2D eigenvalue weighted by molar-refractivity contribution is -0.333. The van der Waals surface area contributed by atoms with Crippen LogP contribution < -0.4 is 11.1 Å². The second kappa shape index (κ2) is 36.7. The Labute approximate surface area is 474 Å². The van der Waals surface area contributed by atoms with Gasteiger partial charge in [0.15, 0.2) is 11.7 Å². The number of hydrogen-bond donors (Lipinski definition) is 14. The number of carboxylic acids is 1. The second-order valence-electron chi connectivity index (χ2n) is 23.4. The number of aliphatic hydroxyl groups excluding tert-OH is 10. The quantitative estimate of drug-likeness (QED) is 0.0296. The summed E-state index contributed by atoms with van der Waals surface area (Å²) in [5, 5.41) is 135. The number of carbonyl (C=O) groups is 3. The molecule has 0 aromatic heterocycles. The standard InChI is InChI=1S/C59H103N3O18/c1-34(18-14-12-10-11-13-17-25-62-58(60)61-9)26-38(5)55-37(4)19-15-16-20-45(64)39(6)49(68)29-43(78-54(74)32-53(72)73)27-42(63)28-44-30-51(70)56(75)59(77,80-44)33-52(71)36(3)22-23-46(65)40(7)50(69)31-48(67)35(2)21-24-47(66)41(8)57(76)79-55/h10-11,15-16,19-21,24,34-52,55-56,63-71,75,77H,12-14,17-18,22-23,25-33H2,1-9H3,(H,72,73)(H3,60,61,62)/b11-10+,19-15+,20-16+,24-21+/t34-,35-,36-,37-,38-,39+,40+,41+,42-,43-,44+,45+,46-,47+,48+,49+,50-,51-,52+,55-,56+,59-/m0/s1. The van der Waals surface area contributed by atoms with E-state index in [4.69, 9.17) is 19.9 Å². The minimum absolute atomic E-state index is 0.0842. The lowest BCUT2D eigenvalue weighted by atomic mass is 9.83. The first-order chi connectivity index (χ1) is 37.5. The summed E-state index contributed by atoms with van der Waals surface area (Å²) in [4.78, 5) is 41.7. The number of ether oxygens (including phenoxy) is 3. The molecule has 21 nitrogen and oxygen atoms in total. The van der Waals surface area contributed by atoms with Gasteiger partial charge in [-0.15, -0.1) is 0 Å². The molecule has 0 saturated carbocycles. The van der Waals surface area contributed by atoms with E-state index in [0.717, 1.165) is 45.1 Å². The number of carboxylic acid groups (broad SMARTS) is 1. The van der Waals surface area contributed by atoms with Gasteiger partial charge in [-0.1, -0.05) is 103 Å². The molecule has 15 N–H and O–H groups in total. The summed E-state index contributed by atoms with van der Waals surface area (Å²) in [6.07, 6.45) is -0.0780. The summed E-state index contributed by atoms with van der Waals surface area (Å²) in [6, 6.07) is 0. The third-order valence-electron chi connectivity index (χ3n) is 16.2. The van der Waals surface area contributed by atoms with E-state index in [2.05, 4.69) is 29.4 Å². The molecule has 0 amide bonds. The van der Waals surface area contributed by atoms with Gasteiger partial charge in [-0.3, -0.25) is 19.4 Å². The van der Waals surface area contributed by atoms with Gasteiger partial charge in [0.05, 0.1) is 67.0 Å². The second-order valence-corrected chi connectivity index (χ2v) is 23.4. The molecule has 0 aliphatic carbocycles. The van der Waals surface area contributed by atoms with Crippen LogP contribution in [0.3, 0.4) is 0 Å². The van der Waals surface area contributed by atoms with Gasteiger partial charge in [-0.25, -0.2) is 0 Å². The number of cyclic esters (lactones) is 1. The number of carbonyl (C=O) groups excluding carboxylic acids is 2. The van der Waals surface area contributed by atoms with Gasteiger partial charge in [0, 0.05) is 69.4 Å². The Morgan fingerprint density at radius 3 is 2.05 bits per heavy atom. The molecule has 2 rings (SSSR count). The van der Waals surface area contributed by atoms with Crippen molar-refractivity contribution in [2.75, 3.05) is 13.6 Å². The number of nitrogens with two attached hydrogens (primary N) is 1. The van der Waals surface area contributed by atoms with E-state index in [0.29, 0.717) is 5.96 Å². The van der Waals surface area contributed by atoms with Crippen molar-refractivity contribution in [2.45, 2.75) is 237 Å². The van der Waals surface area contributed by atoms with E-state index < -0.39 is 145 Å². The molecule has 2 heterocycles. The Balaban J connectivity index is 2.45. The Hall–Kier alpha value is -3.84.